The minimum atomic E-state index is -1.29. The highest BCUT2D eigenvalue weighted by Crippen LogP contribution is 2.30. The van der Waals surface area contributed by atoms with E-state index in [1.54, 1.807) is 20.8 Å². The smallest absolute Gasteiger partial charge is 0.408 e. The van der Waals surface area contributed by atoms with Gasteiger partial charge in [-0.15, -0.1) is 0 Å². The Kier molecular flexibility index (Phi) is 12.6. The molecule has 37 heavy (non-hydrogen) atoms. The van der Waals surface area contributed by atoms with Gasteiger partial charge in [0.1, 0.15) is 17.7 Å². The maximum absolute atomic E-state index is 14.0. The highest BCUT2D eigenvalue weighted by atomic mass is 16.6. The van der Waals surface area contributed by atoms with E-state index < -0.39 is 42.0 Å². The van der Waals surface area contributed by atoms with Crippen LogP contribution in [0.4, 0.5) is 4.79 Å². The molecule has 4 N–H and O–H groups in total. The number of amides is 4. The number of hydrogen-bond donors (Lipinski definition) is 3. The molecule has 3 atom stereocenters. The SMILES string of the molecule is CCCCCNC(=O)C(c1cccc(C)c1C)N(C(=O)C(CC(N)=O)NC(=O)OC(C)(C)C)C(C)CC. The van der Waals surface area contributed by atoms with Gasteiger partial charge in [-0.1, -0.05) is 44.9 Å². The summed E-state index contributed by atoms with van der Waals surface area (Å²) in [4.78, 5) is 53.7. The largest absolute Gasteiger partial charge is 0.444 e. The lowest BCUT2D eigenvalue weighted by atomic mass is 9.93. The van der Waals surface area contributed by atoms with Gasteiger partial charge in [0.2, 0.25) is 17.7 Å². The van der Waals surface area contributed by atoms with Crippen molar-refractivity contribution in [2.45, 2.75) is 111 Å². The van der Waals surface area contributed by atoms with Gasteiger partial charge in [0, 0.05) is 12.6 Å². The van der Waals surface area contributed by atoms with Crippen LogP contribution in [0.15, 0.2) is 18.2 Å². The van der Waals surface area contributed by atoms with Gasteiger partial charge in [0.05, 0.1) is 6.42 Å². The predicted octanol–water partition coefficient (Wildman–Crippen LogP) is 4.05. The summed E-state index contributed by atoms with van der Waals surface area (Å²) in [5, 5.41) is 5.50. The zero-order valence-corrected chi connectivity index (χ0v) is 23.8. The molecule has 0 saturated carbocycles. The van der Waals surface area contributed by atoms with Crippen molar-refractivity contribution >= 4 is 23.8 Å². The molecule has 0 spiro atoms. The maximum atomic E-state index is 14.0. The fraction of sp³-hybridized carbons (Fsp3) is 0.643. The molecule has 4 amide bonds. The molecule has 0 aliphatic carbocycles. The first-order valence-corrected chi connectivity index (χ1v) is 13.2. The number of benzene rings is 1. The predicted molar refractivity (Wildman–Crippen MR) is 145 cm³/mol. The first-order chi connectivity index (χ1) is 17.2. The number of nitrogens with zero attached hydrogens (tertiary/aromatic N) is 1. The average molecular weight is 519 g/mol. The highest BCUT2D eigenvalue weighted by Gasteiger charge is 2.39. The summed E-state index contributed by atoms with van der Waals surface area (Å²) < 4.78 is 5.32. The van der Waals surface area contributed by atoms with Crippen molar-refractivity contribution < 1.29 is 23.9 Å². The molecular formula is C28H46N4O5. The van der Waals surface area contributed by atoms with Crippen molar-refractivity contribution in [3.8, 4) is 0 Å². The van der Waals surface area contributed by atoms with Gasteiger partial charge in [0.25, 0.3) is 0 Å². The molecule has 0 aromatic heterocycles. The minimum Gasteiger partial charge on any atom is -0.444 e. The number of rotatable bonds is 13. The number of ether oxygens (including phenoxy) is 1. The Morgan fingerprint density at radius 3 is 2.27 bits per heavy atom. The Morgan fingerprint density at radius 1 is 1.08 bits per heavy atom. The summed E-state index contributed by atoms with van der Waals surface area (Å²) in [5.74, 6) is -1.65. The molecule has 1 rings (SSSR count). The molecule has 0 aliphatic heterocycles. The normalized spacial score (nSPS) is 13.7. The lowest BCUT2D eigenvalue weighted by molar-refractivity contribution is -0.146. The van der Waals surface area contributed by atoms with Gasteiger partial charge in [-0.3, -0.25) is 14.4 Å². The van der Waals surface area contributed by atoms with Crippen LogP contribution in [0.1, 0.15) is 96.4 Å². The number of hydrogen-bond acceptors (Lipinski definition) is 5. The summed E-state index contributed by atoms with van der Waals surface area (Å²) in [6.07, 6.45) is 2.09. The first kappa shape index (κ1) is 31.9. The van der Waals surface area contributed by atoms with E-state index in [2.05, 4.69) is 17.6 Å². The third kappa shape index (κ3) is 10.1. The van der Waals surface area contributed by atoms with E-state index in [0.29, 0.717) is 18.5 Å². The molecule has 0 bridgehead atoms. The summed E-state index contributed by atoms with van der Waals surface area (Å²) in [7, 11) is 0. The van der Waals surface area contributed by atoms with Crippen LogP contribution in [0.5, 0.6) is 0 Å². The van der Waals surface area contributed by atoms with E-state index in [1.807, 2.05) is 45.9 Å². The second kappa shape index (κ2) is 14.6. The molecule has 0 aliphatic rings. The van der Waals surface area contributed by atoms with Crippen LogP contribution in [0.3, 0.4) is 0 Å². The minimum absolute atomic E-state index is 0.312. The van der Waals surface area contributed by atoms with Crippen LogP contribution in [0.25, 0.3) is 0 Å². The van der Waals surface area contributed by atoms with E-state index >= 15 is 0 Å². The number of nitrogens with one attached hydrogen (secondary N) is 2. The van der Waals surface area contributed by atoms with Crippen molar-refractivity contribution in [3.63, 3.8) is 0 Å². The summed E-state index contributed by atoms with van der Waals surface area (Å²) in [6, 6.07) is 3.01. The van der Waals surface area contributed by atoms with E-state index in [-0.39, 0.29) is 11.9 Å². The van der Waals surface area contributed by atoms with Crippen LogP contribution in [-0.2, 0) is 19.1 Å². The zero-order chi connectivity index (χ0) is 28.3. The molecule has 208 valence electrons. The van der Waals surface area contributed by atoms with Crippen LogP contribution in [0, 0.1) is 13.8 Å². The molecule has 9 heteroatoms. The summed E-state index contributed by atoms with van der Waals surface area (Å²) in [5.41, 5.74) is 7.21. The van der Waals surface area contributed by atoms with Crippen LogP contribution >= 0.6 is 0 Å². The number of alkyl carbamates (subject to hydrolysis) is 1. The highest BCUT2D eigenvalue weighted by molar-refractivity contribution is 5.94. The van der Waals surface area contributed by atoms with E-state index in [0.717, 1.165) is 30.4 Å². The maximum Gasteiger partial charge on any atom is 0.408 e. The Hall–Kier alpha value is -3.10. The van der Waals surface area contributed by atoms with Gasteiger partial charge in [-0.25, -0.2) is 4.79 Å². The fourth-order valence-electron chi connectivity index (χ4n) is 4.00. The first-order valence-electron chi connectivity index (χ1n) is 13.2. The quantitative estimate of drug-likeness (QED) is 0.339. The van der Waals surface area contributed by atoms with E-state index in [1.165, 1.54) is 4.90 Å². The third-order valence-electron chi connectivity index (χ3n) is 6.26. The van der Waals surface area contributed by atoms with Crippen LogP contribution in [-0.4, -0.2) is 52.9 Å². The lowest BCUT2D eigenvalue weighted by Gasteiger charge is -2.38. The summed E-state index contributed by atoms with van der Waals surface area (Å²) in [6.45, 7) is 15.3. The molecule has 3 unspecified atom stereocenters. The van der Waals surface area contributed by atoms with Crippen molar-refractivity contribution in [2.75, 3.05) is 6.54 Å². The van der Waals surface area contributed by atoms with Crippen molar-refractivity contribution in [1.82, 2.24) is 15.5 Å². The van der Waals surface area contributed by atoms with Crippen LogP contribution < -0.4 is 16.4 Å². The Morgan fingerprint density at radius 2 is 1.73 bits per heavy atom. The standard InChI is InChI=1S/C28H46N4O5/c1-9-11-12-16-30-25(34)24(21-15-13-14-18(3)20(21)5)32(19(4)10-2)26(35)22(17-23(29)33)31-27(36)37-28(6,7)8/h13-15,19,22,24H,9-12,16-17H2,1-8H3,(H2,29,33)(H,30,34)(H,31,36). The topological polar surface area (TPSA) is 131 Å². The number of carbonyl (C=O) groups is 4. The third-order valence-corrected chi connectivity index (χ3v) is 6.26. The number of unbranched alkanes of at least 4 members (excludes halogenated alkanes) is 2. The molecule has 0 saturated heterocycles. The number of carbonyl (C=O) groups excluding carboxylic acids is 4. The molecule has 9 nitrogen and oxygen atoms in total. The monoisotopic (exact) mass is 518 g/mol. The van der Waals surface area contributed by atoms with Crippen molar-refractivity contribution in [3.05, 3.63) is 34.9 Å². The molecule has 1 aromatic carbocycles. The second-order valence-electron chi connectivity index (χ2n) is 10.6. The van der Waals surface area contributed by atoms with E-state index in [9.17, 15) is 19.2 Å². The molecule has 1 aromatic rings. The van der Waals surface area contributed by atoms with Gasteiger partial charge in [0.15, 0.2) is 0 Å². The Labute approximate surface area is 221 Å². The lowest BCUT2D eigenvalue weighted by Crippen LogP contribution is -2.56. The van der Waals surface area contributed by atoms with Gasteiger partial charge < -0.3 is 26.0 Å². The van der Waals surface area contributed by atoms with Gasteiger partial charge >= 0.3 is 6.09 Å². The molecule has 0 radical (unpaired) electrons. The summed E-state index contributed by atoms with van der Waals surface area (Å²) >= 11 is 0. The van der Waals surface area contributed by atoms with Crippen molar-refractivity contribution in [1.29, 1.82) is 0 Å². The zero-order valence-electron chi connectivity index (χ0n) is 23.8. The number of aryl methyl sites for hydroxylation is 1. The number of nitrogens with two attached hydrogens (primary N) is 1. The average Bonchev–Trinajstić information content (AvgIpc) is 2.79. The second-order valence-corrected chi connectivity index (χ2v) is 10.6. The van der Waals surface area contributed by atoms with Gasteiger partial charge in [-0.05, 0) is 71.1 Å². The Balaban J connectivity index is 3.56. The van der Waals surface area contributed by atoms with Crippen LogP contribution in [0.2, 0.25) is 0 Å². The fourth-order valence-corrected chi connectivity index (χ4v) is 4.00. The van der Waals surface area contributed by atoms with Crippen molar-refractivity contribution in [2.24, 2.45) is 5.73 Å². The number of primary amides is 1. The Bertz CT molecular complexity index is 941. The van der Waals surface area contributed by atoms with Gasteiger partial charge in [-0.2, -0.15) is 0 Å². The molecule has 0 fully saturated rings. The molecular weight excluding hydrogens is 472 g/mol. The molecule has 0 heterocycles. The van der Waals surface area contributed by atoms with E-state index in [4.69, 9.17) is 10.5 Å².